The Balaban J connectivity index is 1.95. The lowest BCUT2D eigenvalue weighted by Gasteiger charge is -2.29. The van der Waals surface area contributed by atoms with Crippen molar-refractivity contribution in [3.63, 3.8) is 0 Å². The Kier molecular flexibility index (Phi) is 4.76. The molecule has 2 aromatic rings. The minimum Gasteiger partial charge on any atom is -0.381 e. The monoisotopic (exact) mass is 296 g/mol. The van der Waals surface area contributed by atoms with Gasteiger partial charge in [-0.1, -0.05) is 43.3 Å². The van der Waals surface area contributed by atoms with E-state index in [0.29, 0.717) is 5.92 Å². The van der Waals surface area contributed by atoms with Gasteiger partial charge in [0.1, 0.15) is 0 Å². The van der Waals surface area contributed by atoms with Crippen LogP contribution in [0.2, 0.25) is 0 Å². The van der Waals surface area contributed by atoms with Crippen molar-refractivity contribution in [3.05, 3.63) is 59.7 Å². The van der Waals surface area contributed by atoms with Crippen molar-refractivity contribution in [1.29, 1.82) is 0 Å². The van der Waals surface area contributed by atoms with Crippen molar-refractivity contribution in [2.75, 3.05) is 24.7 Å². The highest BCUT2D eigenvalue weighted by molar-refractivity contribution is 5.71. The fraction of sp³-hybridized carbons (Fsp3) is 0.368. The second kappa shape index (κ2) is 6.95. The Labute approximate surface area is 132 Å². The summed E-state index contributed by atoms with van der Waals surface area (Å²) in [7, 11) is 0. The number of nitrogens with zero attached hydrogens (tertiary/aromatic N) is 1. The van der Waals surface area contributed by atoms with Crippen LogP contribution in [0.4, 0.5) is 11.4 Å². The number of hydrogen-bond donors (Lipinski definition) is 2. The van der Waals surface area contributed by atoms with Crippen LogP contribution in [0.25, 0.3) is 0 Å². The molecular formula is C19H24N2O. The molecule has 2 N–H and O–H groups in total. The second-order valence-corrected chi connectivity index (χ2v) is 6.09. The number of benzene rings is 2. The van der Waals surface area contributed by atoms with E-state index in [1.54, 1.807) is 0 Å². The van der Waals surface area contributed by atoms with Crippen molar-refractivity contribution in [2.45, 2.75) is 19.8 Å². The van der Waals surface area contributed by atoms with Crippen LogP contribution in [0.3, 0.4) is 0 Å². The maximum absolute atomic E-state index is 8.96. The number of nitrogens with one attached hydrogen (secondary N) is 1. The van der Waals surface area contributed by atoms with Gasteiger partial charge in [0.15, 0.2) is 0 Å². The van der Waals surface area contributed by atoms with Crippen LogP contribution < -0.4 is 10.2 Å². The molecule has 1 aliphatic heterocycles. The molecule has 1 aliphatic rings. The molecule has 116 valence electrons. The fourth-order valence-corrected chi connectivity index (χ4v) is 3.25. The van der Waals surface area contributed by atoms with Gasteiger partial charge in [0.25, 0.3) is 0 Å². The molecule has 0 aromatic heterocycles. The summed E-state index contributed by atoms with van der Waals surface area (Å²) in [5.74, 6) is 0.450. The van der Waals surface area contributed by atoms with Gasteiger partial charge in [-0.3, -0.25) is 5.32 Å². The van der Waals surface area contributed by atoms with Gasteiger partial charge in [0.05, 0.1) is 6.73 Å². The molecule has 0 aliphatic carbocycles. The molecule has 0 bridgehead atoms. The minimum absolute atomic E-state index is 0.0392. The number of para-hydroxylation sites is 2. The molecule has 0 fully saturated rings. The molecule has 22 heavy (non-hydrogen) atoms. The van der Waals surface area contributed by atoms with E-state index in [1.807, 2.05) is 0 Å². The van der Waals surface area contributed by atoms with E-state index in [2.05, 4.69) is 65.7 Å². The maximum atomic E-state index is 8.96. The van der Waals surface area contributed by atoms with Gasteiger partial charge >= 0.3 is 0 Å². The molecule has 0 saturated carbocycles. The van der Waals surface area contributed by atoms with Crippen molar-refractivity contribution in [2.24, 2.45) is 5.92 Å². The SMILES string of the molecule is CC(CNCO)CN1c2ccccc2CCc2ccccc21. The molecule has 0 radical (unpaired) electrons. The molecular weight excluding hydrogens is 272 g/mol. The maximum Gasteiger partial charge on any atom is 0.0931 e. The first kappa shape index (κ1) is 15.1. The first-order valence-corrected chi connectivity index (χ1v) is 8.04. The Morgan fingerprint density at radius 2 is 1.55 bits per heavy atom. The predicted octanol–water partition coefficient (Wildman–Crippen LogP) is 3.10. The first-order chi connectivity index (χ1) is 10.8. The third-order valence-electron chi connectivity index (χ3n) is 4.33. The van der Waals surface area contributed by atoms with Crippen LogP contribution >= 0.6 is 0 Å². The summed E-state index contributed by atoms with van der Waals surface area (Å²) < 4.78 is 0. The predicted molar refractivity (Wildman–Crippen MR) is 91.6 cm³/mol. The molecule has 1 atom stereocenters. The standard InChI is InChI=1S/C19H24N2O/c1-15(12-20-14-22)13-21-18-8-4-2-6-16(18)10-11-17-7-3-5-9-19(17)21/h2-9,15,20,22H,10-14H2,1H3. The lowest BCUT2D eigenvalue weighted by molar-refractivity contribution is 0.253. The van der Waals surface area contributed by atoms with Gasteiger partial charge in [-0.2, -0.15) is 0 Å². The summed E-state index contributed by atoms with van der Waals surface area (Å²) in [6.07, 6.45) is 2.18. The Morgan fingerprint density at radius 1 is 1.00 bits per heavy atom. The summed E-state index contributed by atoms with van der Waals surface area (Å²) >= 11 is 0. The number of hydrogen-bond acceptors (Lipinski definition) is 3. The average molecular weight is 296 g/mol. The van der Waals surface area contributed by atoms with Crippen LogP contribution in [0.1, 0.15) is 18.1 Å². The van der Waals surface area contributed by atoms with Crippen LogP contribution in [0, 0.1) is 5.92 Å². The van der Waals surface area contributed by atoms with E-state index in [-0.39, 0.29) is 6.73 Å². The smallest absolute Gasteiger partial charge is 0.0931 e. The molecule has 3 rings (SSSR count). The topological polar surface area (TPSA) is 35.5 Å². The van der Waals surface area contributed by atoms with E-state index in [0.717, 1.165) is 25.9 Å². The number of anilines is 2. The largest absolute Gasteiger partial charge is 0.381 e. The number of aliphatic hydroxyl groups excluding tert-OH is 1. The third kappa shape index (κ3) is 3.16. The van der Waals surface area contributed by atoms with E-state index >= 15 is 0 Å². The van der Waals surface area contributed by atoms with E-state index in [9.17, 15) is 0 Å². The zero-order valence-electron chi connectivity index (χ0n) is 13.1. The number of fused-ring (bicyclic) bond motifs is 2. The molecule has 2 aromatic carbocycles. The van der Waals surface area contributed by atoms with Gasteiger partial charge in [0.2, 0.25) is 0 Å². The van der Waals surface area contributed by atoms with Crippen molar-refractivity contribution >= 4 is 11.4 Å². The first-order valence-electron chi connectivity index (χ1n) is 8.04. The minimum atomic E-state index is 0.0392. The van der Waals surface area contributed by atoms with Crippen LogP contribution in [0.5, 0.6) is 0 Å². The molecule has 0 spiro atoms. The Morgan fingerprint density at radius 3 is 2.09 bits per heavy atom. The van der Waals surface area contributed by atoms with E-state index in [1.165, 1.54) is 22.5 Å². The van der Waals surface area contributed by atoms with Crippen LogP contribution in [0.15, 0.2) is 48.5 Å². The zero-order valence-corrected chi connectivity index (χ0v) is 13.1. The second-order valence-electron chi connectivity index (χ2n) is 6.09. The van der Waals surface area contributed by atoms with Crippen molar-refractivity contribution in [1.82, 2.24) is 5.32 Å². The normalized spacial score (nSPS) is 14.9. The molecule has 1 unspecified atom stereocenters. The summed E-state index contributed by atoms with van der Waals surface area (Å²) in [4.78, 5) is 2.45. The van der Waals surface area contributed by atoms with Crippen molar-refractivity contribution < 1.29 is 5.11 Å². The highest BCUT2D eigenvalue weighted by atomic mass is 16.3. The Hall–Kier alpha value is -1.84. The van der Waals surface area contributed by atoms with Crippen molar-refractivity contribution in [3.8, 4) is 0 Å². The summed E-state index contributed by atoms with van der Waals surface area (Å²) in [5.41, 5.74) is 5.48. The number of aryl methyl sites for hydroxylation is 2. The van der Waals surface area contributed by atoms with Gasteiger partial charge in [0, 0.05) is 24.5 Å². The molecule has 0 amide bonds. The van der Waals surface area contributed by atoms with Crippen LogP contribution in [-0.2, 0) is 12.8 Å². The summed E-state index contributed by atoms with van der Waals surface area (Å²) in [6, 6.07) is 17.4. The van der Waals surface area contributed by atoms with Crippen LogP contribution in [-0.4, -0.2) is 24.9 Å². The third-order valence-corrected chi connectivity index (χ3v) is 4.33. The molecule has 3 heteroatoms. The summed E-state index contributed by atoms with van der Waals surface area (Å²) in [5, 5.41) is 12.0. The zero-order chi connectivity index (χ0) is 15.4. The quantitative estimate of drug-likeness (QED) is 0.832. The van der Waals surface area contributed by atoms with Gasteiger partial charge in [-0.15, -0.1) is 0 Å². The average Bonchev–Trinajstić information content (AvgIpc) is 2.71. The molecule has 1 heterocycles. The number of aliphatic hydroxyl groups is 1. The lowest BCUT2D eigenvalue weighted by atomic mass is 10.0. The lowest BCUT2D eigenvalue weighted by Crippen LogP contribution is -2.31. The highest BCUT2D eigenvalue weighted by Gasteiger charge is 2.21. The Bertz CT molecular complexity index is 579. The highest BCUT2D eigenvalue weighted by Crippen LogP contribution is 2.36. The van der Waals surface area contributed by atoms with Gasteiger partial charge < -0.3 is 10.0 Å². The number of rotatable bonds is 5. The van der Waals surface area contributed by atoms with E-state index in [4.69, 9.17) is 5.11 Å². The summed E-state index contributed by atoms with van der Waals surface area (Å²) in [6.45, 7) is 4.02. The van der Waals surface area contributed by atoms with Gasteiger partial charge in [-0.25, -0.2) is 0 Å². The fourth-order valence-electron chi connectivity index (χ4n) is 3.25. The molecule has 0 saturated heterocycles. The molecule has 3 nitrogen and oxygen atoms in total. The van der Waals surface area contributed by atoms with Gasteiger partial charge in [-0.05, 0) is 42.0 Å². The van der Waals surface area contributed by atoms with E-state index < -0.39 is 0 Å².